The standard InChI is InChI=1S/C21H26N4O3/c1-4-13-8-7-9-14(5-2)19(13)24-18(26)12-25-20-16(10-11-17(22)23-20)28-15(6-3)21(25)27/h7-11,15H,4-6,12H2,1-3H3,(H2,22,23)(H,24,26). The molecule has 0 spiro atoms. The van der Waals surface area contributed by atoms with Gasteiger partial charge in [-0.2, -0.15) is 0 Å². The van der Waals surface area contributed by atoms with Crippen molar-refractivity contribution in [2.24, 2.45) is 0 Å². The first-order valence-corrected chi connectivity index (χ1v) is 9.63. The van der Waals surface area contributed by atoms with Gasteiger partial charge in [0.25, 0.3) is 5.91 Å². The number of hydrogen-bond donors (Lipinski definition) is 2. The lowest BCUT2D eigenvalue weighted by Crippen LogP contribution is -2.49. The number of hydrogen-bond acceptors (Lipinski definition) is 5. The number of anilines is 3. The van der Waals surface area contributed by atoms with Crippen LogP contribution in [0.4, 0.5) is 17.3 Å². The number of amides is 2. The fourth-order valence-electron chi connectivity index (χ4n) is 3.35. The van der Waals surface area contributed by atoms with Gasteiger partial charge in [0, 0.05) is 5.69 Å². The monoisotopic (exact) mass is 382 g/mol. The molecule has 7 nitrogen and oxygen atoms in total. The molecule has 0 saturated carbocycles. The van der Waals surface area contributed by atoms with Crippen LogP contribution < -0.4 is 20.7 Å². The molecule has 0 bridgehead atoms. The number of rotatable bonds is 6. The van der Waals surface area contributed by atoms with Gasteiger partial charge in [-0.15, -0.1) is 0 Å². The van der Waals surface area contributed by atoms with E-state index in [1.165, 1.54) is 4.90 Å². The lowest BCUT2D eigenvalue weighted by atomic mass is 10.0. The second-order valence-electron chi connectivity index (χ2n) is 6.70. The molecular formula is C21H26N4O3. The van der Waals surface area contributed by atoms with E-state index in [1.54, 1.807) is 12.1 Å². The third kappa shape index (κ3) is 3.78. The fourth-order valence-corrected chi connectivity index (χ4v) is 3.35. The number of carbonyl (C=O) groups is 2. The average Bonchev–Trinajstić information content (AvgIpc) is 2.70. The number of benzene rings is 1. The molecule has 3 N–H and O–H groups in total. The predicted molar refractivity (Wildman–Crippen MR) is 110 cm³/mol. The number of carbonyl (C=O) groups excluding carboxylic acids is 2. The summed E-state index contributed by atoms with van der Waals surface area (Å²) in [6.07, 6.45) is 1.47. The van der Waals surface area contributed by atoms with E-state index in [0.717, 1.165) is 29.7 Å². The minimum atomic E-state index is -0.639. The van der Waals surface area contributed by atoms with Gasteiger partial charge in [-0.1, -0.05) is 39.0 Å². The van der Waals surface area contributed by atoms with Crippen molar-refractivity contribution < 1.29 is 14.3 Å². The third-order valence-electron chi connectivity index (χ3n) is 4.86. The summed E-state index contributed by atoms with van der Waals surface area (Å²) in [5.41, 5.74) is 8.74. The van der Waals surface area contributed by atoms with E-state index >= 15 is 0 Å². The molecule has 1 atom stereocenters. The molecule has 7 heteroatoms. The Labute approximate surface area is 164 Å². The van der Waals surface area contributed by atoms with Crippen LogP contribution in [0.2, 0.25) is 0 Å². The molecule has 1 aliphatic rings. The van der Waals surface area contributed by atoms with E-state index in [1.807, 2.05) is 39.0 Å². The minimum absolute atomic E-state index is 0.149. The maximum atomic E-state index is 12.8. The Balaban J connectivity index is 1.88. The Morgan fingerprint density at radius 2 is 1.86 bits per heavy atom. The topological polar surface area (TPSA) is 97.5 Å². The van der Waals surface area contributed by atoms with Gasteiger partial charge < -0.3 is 15.8 Å². The molecule has 0 saturated heterocycles. The highest BCUT2D eigenvalue weighted by Gasteiger charge is 2.35. The number of aromatic nitrogens is 1. The van der Waals surface area contributed by atoms with Gasteiger partial charge in [0.05, 0.1) is 0 Å². The number of nitrogens with zero attached hydrogens (tertiary/aromatic N) is 2. The maximum absolute atomic E-state index is 12.8. The Kier molecular flexibility index (Phi) is 5.82. The number of nitrogens with one attached hydrogen (secondary N) is 1. The van der Waals surface area contributed by atoms with E-state index in [2.05, 4.69) is 10.3 Å². The molecule has 1 aromatic carbocycles. The highest BCUT2D eigenvalue weighted by Crippen LogP contribution is 2.33. The SMILES string of the molecule is CCc1cccc(CC)c1NC(=O)CN1C(=O)C(CC)Oc2ccc(N)nc21. The Morgan fingerprint density at radius 1 is 1.18 bits per heavy atom. The molecule has 2 heterocycles. The molecule has 3 rings (SSSR count). The highest BCUT2D eigenvalue weighted by atomic mass is 16.5. The Bertz CT molecular complexity index is 875. The molecule has 2 aromatic rings. The molecule has 28 heavy (non-hydrogen) atoms. The van der Waals surface area contributed by atoms with Crippen molar-refractivity contribution in [3.8, 4) is 5.75 Å². The smallest absolute Gasteiger partial charge is 0.269 e. The molecule has 2 amide bonds. The molecule has 0 radical (unpaired) electrons. The zero-order valence-corrected chi connectivity index (χ0v) is 16.5. The van der Waals surface area contributed by atoms with Crippen LogP contribution >= 0.6 is 0 Å². The summed E-state index contributed by atoms with van der Waals surface area (Å²) in [5, 5.41) is 2.99. The maximum Gasteiger partial charge on any atom is 0.269 e. The van der Waals surface area contributed by atoms with Crippen molar-refractivity contribution in [3.05, 3.63) is 41.5 Å². The number of fused-ring (bicyclic) bond motifs is 1. The summed E-state index contributed by atoms with van der Waals surface area (Å²) in [4.78, 5) is 31.2. The second kappa shape index (κ2) is 8.29. The molecule has 1 aromatic heterocycles. The van der Waals surface area contributed by atoms with Gasteiger partial charge >= 0.3 is 0 Å². The van der Waals surface area contributed by atoms with Crippen LogP contribution in [0.3, 0.4) is 0 Å². The van der Waals surface area contributed by atoms with Gasteiger partial charge in [0.2, 0.25) is 5.91 Å². The van der Waals surface area contributed by atoms with E-state index < -0.39 is 6.10 Å². The van der Waals surface area contributed by atoms with Crippen LogP contribution in [0.1, 0.15) is 38.3 Å². The van der Waals surface area contributed by atoms with Crippen molar-refractivity contribution in [1.82, 2.24) is 4.98 Å². The highest BCUT2D eigenvalue weighted by molar-refractivity contribution is 6.06. The van der Waals surface area contributed by atoms with E-state index in [9.17, 15) is 9.59 Å². The predicted octanol–water partition coefficient (Wildman–Crippen LogP) is 2.93. The molecular weight excluding hydrogens is 356 g/mol. The van der Waals surface area contributed by atoms with Crippen molar-refractivity contribution in [2.45, 2.75) is 46.1 Å². The number of ether oxygens (including phenoxy) is 1. The minimum Gasteiger partial charge on any atom is -0.477 e. The van der Waals surface area contributed by atoms with Gasteiger partial charge in [-0.3, -0.25) is 14.5 Å². The fraction of sp³-hybridized carbons (Fsp3) is 0.381. The zero-order valence-electron chi connectivity index (χ0n) is 16.5. The molecule has 148 valence electrons. The summed E-state index contributed by atoms with van der Waals surface area (Å²) in [6, 6.07) is 9.29. The van der Waals surface area contributed by atoms with Gasteiger partial charge in [-0.05, 0) is 42.5 Å². The normalized spacial score (nSPS) is 15.8. The molecule has 1 aliphatic heterocycles. The largest absolute Gasteiger partial charge is 0.477 e. The lowest BCUT2D eigenvalue weighted by molar-refractivity contribution is -0.128. The Morgan fingerprint density at radius 3 is 2.46 bits per heavy atom. The van der Waals surface area contributed by atoms with Crippen molar-refractivity contribution in [3.63, 3.8) is 0 Å². The number of aryl methyl sites for hydroxylation is 2. The van der Waals surface area contributed by atoms with Crippen LogP contribution in [-0.4, -0.2) is 29.4 Å². The van der Waals surface area contributed by atoms with Crippen molar-refractivity contribution >= 4 is 29.1 Å². The first kappa shape index (κ1) is 19.7. The van der Waals surface area contributed by atoms with Crippen molar-refractivity contribution in [1.29, 1.82) is 0 Å². The van der Waals surface area contributed by atoms with Crippen LogP contribution in [0.25, 0.3) is 0 Å². The average molecular weight is 382 g/mol. The van der Waals surface area contributed by atoms with Gasteiger partial charge in [-0.25, -0.2) is 4.98 Å². The molecule has 0 fully saturated rings. The van der Waals surface area contributed by atoms with E-state index in [-0.39, 0.29) is 30.0 Å². The van der Waals surface area contributed by atoms with Crippen molar-refractivity contribution in [2.75, 3.05) is 22.5 Å². The summed E-state index contributed by atoms with van der Waals surface area (Å²) >= 11 is 0. The summed E-state index contributed by atoms with van der Waals surface area (Å²) in [5.74, 6) is 0.430. The van der Waals surface area contributed by atoms with Gasteiger partial charge in [0.1, 0.15) is 12.4 Å². The van der Waals surface area contributed by atoms with Crippen LogP contribution in [-0.2, 0) is 22.4 Å². The quantitative estimate of drug-likeness (QED) is 0.800. The first-order chi connectivity index (χ1) is 13.5. The van der Waals surface area contributed by atoms with E-state index in [4.69, 9.17) is 10.5 Å². The lowest BCUT2D eigenvalue weighted by Gasteiger charge is -2.32. The second-order valence-corrected chi connectivity index (χ2v) is 6.70. The summed E-state index contributed by atoms with van der Waals surface area (Å²) in [6.45, 7) is 5.81. The number of nitrogens with two attached hydrogens (primary N) is 1. The van der Waals surface area contributed by atoms with E-state index in [0.29, 0.717) is 12.2 Å². The number of para-hydroxylation sites is 1. The molecule has 0 aliphatic carbocycles. The Hall–Kier alpha value is -3.09. The summed E-state index contributed by atoms with van der Waals surface area (Å²) < 4.78 is 5.71. The number of nitrogen functional groups attached to an aromatic ring is 1. The number of pyridine rings is 1. The zero-order chi connectivity index (χ0) is 20.3. The molecule has 1 unspecified atom stereocenters. The van der Waals surface area contributed by atoms with Gasteiger partial charge in [0.15, 0.2) is 17.7 Å². The van der Waals surface area contributed by atoms with Crippen LogP contribution in [0.15, 0.2) is 30.3 Å². The summed E-state index contributed by atoms with van der Waals surface area (Å²) in [7, 11) is 0. The van der Waals surface area contributed by atoms with Crippen LogP contribution in [0.5, 0.6) is 5.75 Å². The third-order valence-corrected chi connectivity index (χ3v) is 4.86. The van der Waals surface area contributed by atoms with Crippen LogP contribution in [0, 0.1) is 0 Å². The first-order valence-electron chi connectivity index (χ1n) is 9.63.